The number of hydrogen-bond acceptors (Lipinski definition) is 4. The maximum Gasteiger partial charge on any atom is 0.193 e. The SMILES string of the molecule is CN=C(NCC1(N(C)C)Cc2ccccc2C1)N1CCN(CC2CCOC2)CC1. The summed E-state index contributed by atoms with van der Waals surface area (Å²) in [4.78, 5) is 12.0. The minimum Gasteiger partial charge on any atom is -0.381 e. The molecule has 0 aromatic heterocycles. The Balaban J connectivity index is 1.31. The number of fused-ring (bicyclic) bond motifs is 1. The predicted molar refractivity (Wildman–Crippen MR) is 119 cm³/mol. The first-order valence-electron chi connectivity index (χ1n) is 11.1. The van der Waals surface area contributed by atoms with Crippen LogP contribution in [0.5, 0.6) is 0 Å². The first-order chi connectivity index (χ1) is 14.1. The second-order valence-corrected chi connectivity index (χ2v) is 9.16. The van der Waals surface area contributed by atoms with E-state index in [0.29, 0.717) is 0 Å². The molecular formula is C23H37N5O. The van der Waals surface area contributed by atoms with Gasteiger partial charge in [0.2, 0.25) is 0 Å². The van der Waals surface area contributed by atoms with Gasteiger partial charge in [-0.05, 0) is 50.4 Å². The molecule has 29 heavy (non-hydrogen) atoms. The van der Waals surface area contributed by atoms with E-state index in [-0.39, 0.29) is 5.54 Å². The predicted octanol–water partition coefficient (Wildman–Crippen LogP) is 1.32. The molecule has 0 bridgehead atoms. The molecule has 2 aliphatic heterocycles. The molecule has 2 fully saturated rings. The Morgan fingerprint density at radius 3 is 2.41 bits per heavy atom. The molecule has 1 atom stereocenters. The second-order valence-electron chi connectivity index (χ2n) is 9.16. The van der Waals surface area contributed by atoms with Crippen LogP contribution >= 0.6 is 0 Å². The largest absolute Gasteiger partial charge is 0.381 e. The van der Waals surface area contributed by atoms with Gasteiger partial charge in [-0.2, -0.15) is 0 Å². The summed E-state index contributed by atoms with van der Waals surface area (Å²) in [5.74, 6) is 1.77. The number of likely N-dealkylation sites (N-methyl/N-ethyl adjacent to an activating group) is 1. The van der Waals surface area contributed by atoms with Gasteiger partial charge in [0.1, 0.15) is 0 Å². The van der Waals surface area contributed by atoms with Gasteiger partial charge in [0.15, 0.2) is 5.96 Å². The zero-order chi connectivity index (χ0) is 20.3. The van der Waals surface area contributed by atoms with E-state index in [1.165, 1.54) is 24.1 Å². The van der Waals surface area contributed by atoms with Crippen molar-refractivity contribution in [2.24, 2.45) is 10.9 Å². The van der Waals surface area contributed by atoms with Gasteiger partial charge in [-0.1, -0.05) is 24.3 Å². The molecule has 0 amide bonds. The third-order valence-electron chi connectivity index (χ3n) is 7.11. The lowest BCUT2D eigenvalue weighted by Crippen LogP contribution is -2.58. The van der Waals surface area contributed by atoms with Crippen LogP contribution in [0.3, 0.4) is 0 Å². The van der Waals surface area contributed by atoms with E-state index < -0.39 is 0 Å². The molecule has 2 saturated heterocycles. The van der Waals surface area contributed by atoms with Crippen LogP contribution in [0.2, 0.25) is 0 Å². The van der Waals surface area contributed by atoms with Crippen LogP contribution in [0.25, 0.3) is 0 Å². The van der Waals surface area contributed by atoms with Crippen molar-refractivity contribution < 1.29 is 4.74 Å². The summed E-state index contributed by atoms with van der Waals surface area (Å²) in [6.07, 6.45) is 3.41. The van der Waals surface area contributed by atoms with Crippen molar-refractivity contribution in [1.82, 2.24) is 20.0 Å². The molecule has 1 aliphatic carbocycles. The summed E-state index contributed by atoms with van der Waals surface area (Å²) < 4.78 is 5.54. The number of aliphatic imine (C=N–C) groups is 1. The molecular weight excluding hydrogens is 362 g/mol. The average molecular weight is 400 g/mol. The molecule has 6 heteroatoms. The van der Waals surface area contributed by atoms with Crippen molar-refractivity contribution >= 4 is 5.96 Å². The van der Waals surface area contributed by atoms with Gasteiger partial charge in [0.05, 0.1) is 6.61 Å². The van der Waals surface area contributed by atoms with Crippen LogP contribution in [-0.2, 0) is 17.6 Å². The number of hydrogen-bond donors (Lipinski definition) is 1. The highest BCUT2D eigenvalue weighted by atomic mass is 16.5. The molecule has 4 rings (SSSR count). The molecule has 2 heterocycles. The lowest BCUT2D eigenvalue weighted by molar-refractivity contribution is 0.136. The van der Waals surface area contributed by atoms with E-state index in [2.05, 4.69) is 63.4 Å². The number of nitrogens with zero attached hydrogens (tertiary/aromatic N) is 4. The quantitative estimate of drug-likeness (QED) is 0.598. The number of ether oxygens (including phenoxy) is 1. The molecule has 0 spiro atoms. The van der Waals surface area contributed by atoms with Gasteiger partial charge in [-0.3, -0.25) is 9.89 Å². The van der Waals surface area contributed by atoms with Gasteiger partial charge < -0.3 is 19.9 Å². The number of benzene rings is 1. The van der Waals surface area contributed by atoms with E-state index in [9.17, 15) is 0 Å². The van der Waals surface area contributed by atoms with Gasteiger partial charge in [-0.15, -0.1) is 0 Å². The van der Waals surface area contributed by atoms with E-state index in [1.807, 2.05) is 7.05 Å². The maximum atomic E-state index is 5.54. The van der Waals surface area contributed by atoms with Gasteiger partial charge >= 0.3 is 0 Å². The highest BCUT2D eigenvalue weighted by molar-refractivity contribution is 5.80. The Bertz CT molecular complexity index is 680. The van der Waals surface area contributed by atoms with Gasteiger partial charge in [-0.25, -0.2) is 0 Å². The van der Waals surface area contributed by atoms with Crippen molar-refractivity contribution in [1.29, 1.82) is 0 Å². The smallest absolute Gasteiger partial charge is 0.193 e. The minimum atomic E-state index is 0.115. The van der Waals surface area contributed by atoms with Crippen LogP contribution < -0.4 is 5.32 Å². The fourth-order valence-electron chi connectivity index (χ4n) is 5.08. The van der Waals surface area contributed by atoms with Crippen molar-refractivity contribution in [3.05, 3.63) is 35.4 Å². The fourth-order valence-corrected chi connectivity index (χ4v) is 5.08. The lowest BCUT2D eigenvalue weighted by atomic mass is 9.94. The van der Waals surface area contributed by atoms with E-state index >= 15 is 0 Å². The van der Waals surface area contributed by atoms with E-state index in [0.717, 1.165) is 70.7 Å². The number of rotatable bonds is 5. The Hall–Kier alpha value is -1.63. The molecule has 1 aromatic rings. The molecule has 0 saturated carbocycles. The summed E-state index contributed by atoms with van der Waals surface area (Å²) >= 11 is 0. The Kier molecular flexibility index (Phi) is 6.42. The van der Waals surface area contributed by atoms with Crippen molar-refractivity contribution in [2.75, 3.05) is 73.6 Å². The van der Waals surface area contributed by atoms with Gasteiger partial charge in [0, 0.05) is 58.5 Å². The normalized spacial score (nSPS) is 24.9. The standard InChI is InChI=1S/C23H37N5O/c1-24-22(28-11-9-27(10-12-28)16-19-8-13-29-17-19)25-18-23(26(2)3)14-20-6-4-5-7-21(20)15-23/h4-7,19H,8-18H2,1-3H3,(H,24,25). The second kappa shape index (κ2) is 9.02. The fraction of sp³-hybridized carbons (Fsp3) is 0.696. The Morgan fingerprint density at radius 1 is 1.17 bits per heavy atom. The zero-order valence-electron chi connectivity index (χ0n) is 18.4. The number of guanidine groups is 1. The monoisotopic (exact) mass is 399 g/mol. The summed E-state index contributed by atoms with van der Waals surface area (Å²) in [5, 5.41) is 3.72. The Labute approximate surface area is 175 Å². The molecule has 0 radical (unpaired) electrons. The topological polar surface area (TPSA) is 43.3 Å². The van der Waals surface area contributed by atoms with Gasteiger partial charge in [0.25, 0.3) is 0 Å². The summed E-state index contributed by atoms with van der Waals surface area (Å²) in [6, 6.07) is 8.89. The molecule has 6 nitrogen and oxygen atoms in total. The van der Waals surface area contributed by atoms with E-state index in [1.54, 1.807) is 0 Å². The third kappa shape index (κ3) is 4.60. The Morgan fingerprint density at radius 2 is 1.86 bits per heavy atom. The van der Waals surface area contributed by atoms with Crippen molar-refractivity contribution in [3.8, 4) is 0 Å². The van der Waals surface area contributed by atoms with Crippen LogP contribution in [0.1, 0.15) is 17.5 Å². The highest BCUT2D eigenvalue weighted by Crippen LogP contribution is 2.33. The third-order valence-corrected chi connectivity index (χ3v) is 7.11. The average Bonchev–Trinajstić information content (AvgIpc) is 3.37. The van der Waals surface area contributed by atoms with Crippen LogP contribution in [0.4, 0.5) is 0 Å². The first kappa shape index (κ1) is 20.6. The van der Waals surface area contributed by atoms with Crippen LogP contribution in [-0.4, -0.2) is 99.8 Å². The molecule has 1 N–H and O–H groups in total. The molecule has 3 aliphatic rings. The number of nitrogens with one attached hydrogen (secondary N) is 1. The van der Waals surface area contributed by atoms with Crippen molar-refractivity contribution in [3.63, 3.8) is 0 Å². The lowest BCUT2D eigenvalue weighted by Gasteiger charge is -2.40. The molecule has 1 unspecified atom stereocenters. The minimum absolute atomic E-state index is 0.115. The summed E-state index contributed by atoms with van der Waals surface area (Å²) in [6.45, 7) is 8.30. The zero-order valence-corrected chi connectivity index (χ0v) is 18.4. The highest BCUT2D eigenvalue weighted by Gasteiger charge is 2.39. The summed E-state index contributed by atoms with van der Waals surface area (Å²) in [5.41, 5.74) is 3.09. The van der Waals surface area contributed by atoms with Crippen LogP contribution in [0, 0.1) is 5.92 Å². The van der Waals surface area contributed by atoms with Crippen molar-refractivity contribution in [2.45, 2.75) is 24.8 Å². The molecule has 1 aromatic carbocycles. The summed E-state index contributed by atoms with van der Waals surface area (Å²) in [7, 11) is 6.33. The van der Waals surface area contributed by atoms with E-state index in [4.69, 9.17) is 4.74 Å². The number of piperazine rings is 1. The maximum absolute atomic E-state index is 5.54. The molecule has 160 valence electrons. The van der Waals surface area contributed by atoms with Crippen LogP contribution in [0.15, 0.2) is 29.3 Å². The first-order valence-corrected chi connectivity index (χ1v) is 11.1.